The van der Waals surface area contributed by atoms with Crippen molar-refractivity contribution in [3.05, 3.63) is 88.9 Å². The average Bonchev–Trinajstić information content (AvgIpc) is 3.49. The Morgan fingerprint density at radius 3 is 2.50 bits per heavy atom. The topological polar surface area (TPSA) is 102 Å². The first-order valence-corrected chi connectivity index (χ1v) is 13.8. The quantitative estimate of drug-likeness (QED) is 0.197. The van der Waals surface area contributed by atoms with Gasteiger partial charge in [0.25, 0.3) is 0 Å². The molecule has 2 aromatic carbocycles. The van der Waals surface area contributed by atoms with Crippen molar-refractivity contribution < 1.29 is 23.4 Å². The fraction of sp³-hybridized carbons (Fsp3) is 0.0769. The molecule has 36 heavy (non-hydrogen) atoms. The van der Waals surface area contributed by atoms with E-state index in [4.69, 9.17) is 20.5 Å². The second kappa shape index (κ2) is 9.91. The Balaban J connectivity index is 1.47. The second-order valence-electron chi connectivity index (χ2n) is 7.79. The van der Waals surface area contributed by atoms with E-state index in [0.29, 0.717) is 26.5 Å². The number of carbonyl (C=O) groups is 1. The molecule has 0 fully saturated rings. The Kier molecular flexibility index (Phi) is 6.69. The predicted octanol–water partition coefficient (Wildman–Crippen LogP) is 7.54. The number of benzene rings is 2. The van der Waals surface area contributed by atoms with Gasteiger partial charge in [0, 0.05) is 27.7 Å². The molecule has 2 N–H and O–H groups in total. The molecule has 3 aromatic heterocycles. The van der Waals surface area contributed by atoms with Crippen LogP contribution in [-0.4, -0.2) is 22.7 Å². The molecule has 1 unspecified atom stereocenters. The van der Waals surface area contributed by atoms with Gasteiger partial charge < -0.3 is 19.1 Å². The number of anilines is 1. The molecule has 0 bridgehead atoms. The number of aromatic carboxylic acids is 1. The van der Waals surface area contributed by atoms with Crippen molar-refractivity contribution >= 4 is 58.5 Å². The van der Waals surface area contributed by atoms with Gasteiger partial charge in [-0.2, -0.15) is 0 Å². The van der Waals surface area contributed by atoms with E-state index in [1.165, 1.54) is 0 Å². The number of hydrogen-bond acceptors (Lipinski definition) is 6. The number of thiophene rings is 1. The molecule has 0 aliphatic carbocycles. The van der Waals surface area contributed by atoms with Crippen LogP contribution >= 0.6 is 30.5 Å². The molecule has 5 rings (SSSR count). The Morgan fingerprint density at radius 2 is 1.83 bits per heavy atom. The van der Waals surface area contributed by atoms with Crippen molar-refractivity contribution in [3.8, 4) is 21.8 Å². The molecular weight excluding hydrogens is 519 g/mol. The minimum atomic E-state index is -3.60. The van der Waals surface area contributed by atoms with Crippen molar-refractivity contribution in [2.75, 3.05) is 11.7 Å². The predicted molar refractivity (Wildman–Crippen MR) is 144 cm³/mol. The Morgan fingerprint density at radius 1 is 1.11 bits per heavy atom. The molecule has 10 heteroatoms. The zero-order valence-electron chi connectivity index (χ0n) is 19.0. The molecule has 0 spiro atoms. The largest absolute Gasteiger partial charge is 0.477 e. The zero-order valence-corrected chi connectivity index (χ0v) is 21.4. The molecule has 1 atom stereocenters. The third kappa shape index (κ3) is 4.81. The summed E-state index contributed by atoms with van der Waals surface area (Å²) in [6, 6.07) is 21.2. The summed E-state index contributed by atoms with van der Waals surface area (Å²) in [6.07, 6.45) is 1.71. The van der Waals surface area contributed by atoms with Gasteiger partial charge in [-0.25, -0.2) is 4.79 Å². The van der Waals surface area contributed by atoms with E-state index in [9.17, 15) is 14.5 Å². The molecule has 0 aliphatic heterocycles. The smallest absolute Gasteiger partial charge is 0.348 e. The van der Waals surface area contributed by atoms with E-state index >= 15 is 0 Å². The number of rotatable bonds is 8. The van der Waals surface area contributed by atoms with Crippen molar-refractivity contribution in [2.24, 2.45) is 0 Å². The Hall–Kier alpha value is -3.42. The first kappa shape index (κ1) is 24.3. The fourth-order valence-electron chi connectivity index (χ4n) is 3.73. The standard InChI is InChI=1S/C26H20ClN2O5PS/c1-2-33-35(32,19-11-9-18(27)10-12-19)29-21-15-24(36-25(21)26(30)31)17-7-5-16(6-8-17)23-14-20-22(34-23)4-3-13-28-20/h3-15H,2H2,1H3,(H,29,32)(H,30,31). The second-order valence-corrected chi connectivity index (χ2v) is 11.4. The van der Waals surface area contributed by atoms with Crippen LogP contribution in [0.5, 0.6) is 0 Å². The van der Waals surface area contributed by atoms with Gasteiger partial charge in [-0.15, -0.1) is 11.3 Å². The maximum atomic E-state index is 13.7. The molecule has 0 aliphatic rings. The minimum Gasteiger partial charge on any atom is -0.477 e. The van der Waals surface area contributed by atoms with Crippen molar-refractivity contribution in [2.45, 2.75) is 6.92 Å². The number of halogens is 1. The number of carboxylic acids is 1. The number of carboxylic acid groups (broad SMARTS) is 1. The van der Waals surface area contributed by atoms with E-state index in [1.54, 1.807) is 43.5 Å². The number of nitrogens with one attached hydrogen (secondary N) is 1. The van der Waals surface area contributed by atoms with Crippen molar-refractivity contribution in [3.63, 3.8) is 0 Å². The van der Waals surface area contributed by atoms with Gasteiger partial charge in [-0.05, 0) is 55.0 Å². The maximum absolute atomic E-state index is 13.7. The number of nitrogens with zero attached hydrogens (tertiary/aromatic N) is 1. The van der Waals surface area contributed by atoms with E-state index < -0.39 is 13.5 Å². The van der Waals surface area contributed by atoms with Crippen LogP contribution in [0.1, 0.15) is 16.6 Å². The highest BCUT2D eigenvalue weighted by molar-refractivity contribution is 7.68. The molecule has 7 nitrogen and oxygen atoms in total. The summed E-state index contributed by atoms with van der Waals surface area (Å²) in [7, 11) is -3.60. The lowest BCUT2D eigenvalue weighted by atomic mass is 10.1. The van der Waals surface area contributed by atoms with E-state index in [2.05, 4.69) is 10.1 Å². The lowest BCUT2D eigenvalue weighted by Crippen LogP contribution is -2.15. The first-order chi connectivity index (χ1) is 17.4. The van der Waals surface area contributed by atoms with Crippen LogP contribution in [0.15, 0.2) is 83.4 Å². The Bertz CT molecular complexity index is 1560. The molecule has 0 amide bonds. The van der Waals surface area contributed by atoms with Crippen LogP contribution in [-0.2, 0) is 9.09 Å². The number of furan rings is 1. The number of fused-ring (bicyclic) bond motifs is 1. The lowest BCUT2D eigenvalue weighted by Gasteiger charge is -2.20. The molecule has 3 heterocycles. The number of pyridine rings is 1. The average molecular weight is 539 g/mol. The monoisotopic (exact) mass is 538 g/mol. The third-order valence-corrected chi connectivity index (χ3v) is 8.97. The van der Waals surface area contributed by atoms with Gasteiger partial charge in [0.2, 0.25) is 0 Å². The fourth-order valence-corrected chi connectivity index (χ4v) is 6.64. The summed E-state index contributed by atoms with van der Waals surface area (Å²) in [5.41, 5.74) is 3.38. The van der Waals surface area contributed by atoms with Crippen molar-refractivity contribution in [1.29, 1.82) is 0 Å². The van der Waals surface area contributed by atoms with Gasteiger partial charge >= 0.3 is 13.5 Å². The van der Waals surface area contributed by atoms with Crippen LogP contribution < -0.4 is 10.4 Å². The lowest BCUT2D eigenvalue weighted by molar-refractivity contribution is 0.0703. The van der Waals surface area contributed by atoms with Crippen LogP contribution in [0.2, 0.25) is 5.02 Å². The van der Waals surface area contributed by atoms with Gasteiger partial charge in [-0.1, -0.05) is 35.9 Å². The van der Waals surface area contributed by atoms with Gasteiger partial charge in [0.05, 0.1) is 17.6 Å². The highest BCUT2D eigenvalue weighted by Gasteiger charge is 2.29. The number of hydrogen-bond donors (Lipinski definition) is 2. The van der Waals surface area contributed by atoms with E-state index in [-0.39, 0.29) is 17.2 Å². The van der Waals surface area contributed by atoms with Gasteiger partial charge in [0.15, 0.2) is 5.58 Å². The maximum Gasteiger partial charge on any atom is 0.348 e. The summed E-state index contributed by atoms with van der Waals surface area (Å²) in [4.78, 5) is 17.0. The van der Waals surface area contributed by atoms with Crippen LogP contribution in [0, 0.1) is 0 Å². The summed E-state index contributed by atoms with van der Waals surface area (Å²) in [5.74, 6) is -0.435. The number of aromatic nitrogens is 1. The molecule has 5 aromatic rings. The molecular formula is C26H20ClN2O5PS. The normalized spacial score (nSPS) is 12.9. The molecule has 0 saturated carbocycles. The molecule has 182 valence electrons. The SMILES string of the molecule is CCOP(=O)(Nc1cc(-c2ccc(-c3cc4ncccc4o3)cc2)sc1C(=O)O)c1ccc(Cl)cc1. The van der Waals surface area contributed by atoms with Crippen LogP contribution in [0.25, 0.3) is 32.9 Å². The van der Waals surface area contributed by atoms with E-state index in [1.807, 2.05) is 42.5 Å². The molecule has 0 saturated heterocycles. The third-order valence-electron chi connectivity index (χ3n) is 5.41. The summed E-state index contributed by atoms with van der Waals surface area (Å²) in [6.45, 7) is 1.89. The van der Waals surface area contributed by atoms with Gasteiger partial charge in [0.1, 0.15) is 16.2 Å². The molecule has 0 radical (unpaired) electrons. The Labute approximate surface area is 215 Å². The van der Waals surface area contributed by atoms with E-state index in [0.717, 1.165) is 28.0 Å². The first-order valence-electron chi connectivity index (χ1n) is 11.0. The summed E-state index contributed by atoms with van der Waals surface area (Å²) in [5, 5.41) is 13.6. The highest BCUT2D eigenvalue weighted by atomic mass is 35.5. The van der Waals surface area contributed by atoms with Crippen molar-refractivity contribution in [1.82, 2.24) is 4.98 Å². The van der Waals surface area contributed by atoms with Gasteiger partial charge in [-0.3, -0.25) is 9.55 Å². The highest BCUT2D eigenvalue weighted by Crippen LogP contribution is 2.48. The van der Waals surface area contributed by atoms with Crippen LogP contribution in [0.3, 0.4) is 0 Å². The summed E-state index contributed by atoms with van der Waals surface area (Å²) >= 11 is 7.06. The van der Waals surface area contributed by atoms with Crippen LogP contribution in [0.4, 0.5) is 5.69 Å². The zero-order chi connectivity index (χ0) is 25.3. The summed E-state index contributed by atoms with van der Waals surface area (Å²) < 4.78 is 25.2. The minimum absolute atomic E-state index is 0.0336.